The minimum Gasteiger partial charge on any atom is -0.353 e. The Morgan fingerprint density at radius 1 is 0.969 bits per heavy atom. The van der Waals surface area contributed by atoms with E-state index in [1.807, 2.05) is 18.2 Å². The molecule has 0 atom stereocenters. The van der Waals surface area contributed by atoms with Crippen LogP contribution in [-0.4, -0.2) is 63.5 Å². The molecule has 10 heteroatoms. The van der Waals surface area contributed by atoms with E-state index in [1.165, 1.54) is 6.20 Å². The zero-order valence-electron chi connectivity index (χ0n) is 17.2. The molecule has 1 aliphatic heterocycles. The summed E-state index contributed by atoms with van der Waals surface area (Å²) >= 11 is 1.04. The third-order valence-electron chi connectivity index (χ3n) is 5.16. The number of aromatic nitrogens is 3. The molecule has 1 aliphatic rings. The van der Waals surface area contributed by atoms with Crippen LogP contribution in [0.3, 0.4) is 0 Å². The van der Waals surface area contributed by atoms with E-state index >= 15 is 0 Å². The fourth-order valence-electron chi connectivity index (χ4n) is 3.59. The molecule has 1 saturated heterocycles. The molecule has 0 aliphatic carbocycles. The van der Waals surface area contributed by atoms with Gasteiger partial charge in [-0.15, -0.1) is 0 Å². The third kappa shape index (κ3) is 5.42. The Labute approximate surface area is 188 Å². The van der Waals surface area contributed by atoms with Gasteiger partial charge in [-0.25, -0.2) is 9.97 Å². The van der Waals surface area contributed by atoms with E-state index in [9.17, 15) is 18.0 Å². The van der Waals surface area contributed by atoms with Gasteiger partial charge in [-0.1, -0.05) is 48.2 Å². The van der Waals surface area contributed by atoms with Gasteiger partial charge in [0, 0.05) is 32.4 Å². The van der Waals surface area contributed by atoms with Gasteiger partial charge in [-0.05, 0) is 17.7 Å². The molecular weight excluding hydrogens is 439 g/mol. The normalized spacial score (nSPS) is 14.6. The summed E-state index contributed by atoms with van der Waals surface area (Å²) in [6, 6.07) is 14.5. The molecule has 1 fully saturated rings. The highest BCUT2D eigenvalue weighted by atomic mass is 32.2. The van der Waals surface area contributed by atoms with E-state index in [1.54, 1.807) is 41.4 Å². The van der Waals surface area contributed by atoms with Crippen molar-refractivity contribution in [3.8, 4) is 11.3 Å². The Kier molecular flexibility index (Phi) is 6.69. The third-order valence-corrected chi connectivity index (χ3v) is 6.13. The van der Waals surface area contributed by atoms with Gasteiger partial charge in [-0.3, -0.25) is 4.79 Å². The maximum absolute atomic E-state index is 13.2. The van der Waals surface area contributed by atoms with Crippen molar-refractivity contribution in [3.05, 3.63) is 60.9 Å². The van der Waals surface area contributed by atoms with Crippen molar-refractivity contribution in [1.82, 2.24) is 19.4 Å². The second-order valence-corrected chi connectivity index (χ2v) is 8.28. The summed E-state index contributed by atoms with van der Waals surface area (Å²) in [5, 5.41) is 0.182. The van der Waals surface area contributed by atoms with Crippen LogP contribution >= 0.6 is 11.8 Å². The topological polar surface area (TPSA) is 54.3 Å². The number of imidazole rings is 1. The minimum absolute atomic E-state index is 0.0344. The second-order valence-electron chi connectivity index (χ2n) is 7.34. The van der Waals surface area contributed by atoms with Crippen LogP contribution in [0.2, 0.25) is 0 Å². The van der Waals surface area contributed by atoms with Gasteiger partial charge in [0.1, 0.15) is 12.4 Å². The van der Waals surface area contributed by atoms with Crippen molar-refractivity contribution >= 4 is 23.5 Å². The number of nitrogens with zero attached hydrogens (tertiary/aromatic N) is 5. The summed E-state index contributed by atoms with van der Waals surface area (Å²) in [4.78, 5) is 25.1. The minimum atomic E-state index is -4.40. The lowest BCUT2D eigenvalue weighted by molar-refractivity contribution is -0.141. The molecule has 2 aromatic heterocycles. The van der Waals surface area contributed by atoms with Gasteiger partial charge in [0.2, 0.25) is 5.91 Å². The molecule has 1 amide bonds. The zero-order chi connectivity index (χ0) is 22.6. The number of piperazine rings is 1. The number of hydrogen-bond donors (Lipinski definition) is 0. The van der Waals surface area contributed by atoms with Crippen molar-refractivity contribution in [2.45, 2.75) is 17.9 Å². The molecule has 0 N–H and O–H groups in total. The van der Waals surface area contributed by atoms with Crippen LogP contribution in [-0.2, 0) is 11.3 Å². The lowest BCUT2D eigenvalue weighted by atomic mass is 10.2. The Morgan fingerprint density at radius 2 is 1.69 bits per heavy atom. The summed E-state index contributed by atoms with van der Waals surface area (Å²) in [5.74, 6) is 0.794. The molecule has 0 unspecified atom stereocenters. The fourth-order valence-corrected chi connectivity index (χ4v) is 4.47. The quantitative estimate of drug-likeness (QED) is 0.521. The number of halogens is 3. The number of rotatable bonds is 6. The van der Waals surface area contributed by atoms with Gasteiger partial charge in [0.15, 0.2) is 5.16 Å². The van der Waals surface area contributed by atoms with Crippen LogP contribution < -0.4 is 4.90 Å². The van der Waals surface area contributed by atoms with E-state index in [0.29, 0.717) is 37.4 Å². The fraction of sp³-hybridized carbons (Fsp3) is 0.318. The lowest BCUT2D eigenvalue weighted by Gasteiger charge is -2.35. The summed E-state index contributed by atoms with van der Waals surface area (Å²) in [6.45, 7) is 1.25. The first-order chi connectivity index (χ1) is 15.4. The number of anilines is 1. The van der Waals surface area contributed by atoms with Gasteiger partial charge < -0.3 is 14.4 Å². The maximum atomic E-state index is 13.2. The first-order valence-corrected chi connectivity index (χ1v) is 11.1. The van der Waals surface area contributed by atoms with Crippen molar-refractivity contribution in [2.24, 2.45) is 0 Å². The number of alkyl halides is 3. The highest BCUT2D eigenvalue weighted by Gasteiger charge is 2.31. The summed E-state index contributed by atoms with van der Waals surface area (Å²) < 4.78 is 40.8. The number of amides is 1. The van der Waals surface area contributed by atoms with Crippen molar-refractivity contribution in [2.75, 3.05) is 36.8 Å². The maximum Gasteiger partial charge on any atom is 0.406 e. The predicted molar refractivity (Wildman–Crippen MR) is 117 cm³/mol. The van der Waals surface area contributed by atoms with Crippen LogP contribution in [0.4, 0.5) is 19.0 Å². The highest BCUT2D eigenvalue weighted by Crippen LogP contribution is 2.30. The molecule has 3 aromatic rings. The van der Waals surface area contributed by atoms with Crippen LogP contribution in [0.5, 0.6) is 0 Å². The Hall–Kier alpha value is -3.01. The van der Waals surface area contributed by atoms with Crippen LogP contribution in [0.1, 0.15) is 0 Å². The first kappa shape index (κ1) is 22.2. The van der Waals surface area contributed by atoms with E-state index in [4.69, 9.17) is 0 Å². The first-order valence-electron chi connectivity index (χ1n) is 10.1. The molecule has 6 nitrogen and oxygen atoms in total. The Bertz CT molecular complexity index is 1030. The van der Waals surface area contributed by atoms with Crippen LogP contribution in [0.25, 0.3) is 11.3 Å². The lowest BCUT2D eigenvalue weighted by Crippen LogP contribution is -2.49. The summed E-state index contributed by atoms with van der Waals surface area (Å²) in [6.07, 6.45) is -1.23. The van der Waals surface area contributed by atoms with Crippen molar-refractivity contribution in [1.29, 1.82) is 0 Å². The molecule has 3 heterocycles. The van der Waals surface area contributed by atoms with Crippen LogP contribution in [0, 0.1) is 0 Å². The molecular formula is C22H22F3N5OS. The monoisotopic (exact) mass is 461 g/mol. The summed E-state index contributed by atoms with van der Waals surface area (Å²) in [7, 11) is 0. The number of benzene rings is 1. The standard InChI is InChI=1S/C22H22F3N5OS/c23-22(24,25)16-30-18(17-6-2-1-3-7-17)14-27-21(30)32-15-20(31)29-12-10-28(11-13-29)19-8-4-5-9-26-19/h1-9,14H,10-13,15-16H2. The molecule has 1 aromatic carbocycles. The number of carbonyl (C=O) groups excluding carboxylic acids is 1. The predicted octanol–water partition coefficient (Wildman–Crippen LogP) is 3.95. The van der Waals surface area contributed by atoms with Gasteiger partial charge >= 0.3 is 6.18 Å². The SMILES string of the molecule is O=C(CSc1ncc(-c2ccccc2)n1CC(F)(F)F)N1CCN(c2ccccn2)CC1. The molecule has 0 radical (unpaired) electrons. The highest BCUT2D eigenvalue weighted by molar-refractivity contribution is 7.99. The van der Waals surface area contributed by atoms with Crippen molar-refractivity contribution in [3.63, 3.8) is 0 Å². The second kappa shape index (κ2) is 9.64. The number of thioether (sulfide) groups is 1. The smallest absolute Gasteiger partial charge is 0.353 e. The molecule has 0 saturated carbocycles. The number of pyridine rings is 1. The van der Waals surface area contributed by atoms with E-state index in [-0.39, 0.29) is 16.8 Å². The molecule has 32 heavy (non-hydrogen) atoms. The van der Waals surface area contributed by atoms with Crippen LogP contribution in [0.15, 0.2) is 66.1 Å². The Morgan fingerprint density at radius 3 is 2.34 bits per heavy atom. The molecule has 0 bridgehead atoms. The number of hydrogen-bond acceptors (Lipinski definition) is 5. The summed E-state index contributed by atoms with van der Waals surface area (Å²) in [5.41, 5.74) is 1.02. The average Bonchev–Trinajstić information content (AvgIpc) is 3.19. The van der Waals surface area contributed by atoms with Crippen molar-refractivity contribution < 1.29 is 18.0 Å². The number of carbonyl (C=O) groups is 1. The Balaban J connectivity index is 1.40. The zero-order valence-corrected chi connectivity index (χ0v) is 18.0. The van der Waals surface area contributed by atoms with E-state index < -0.39 is 12.7 Å². The molecule has 4 rings (SSSR count). The van der Waals surface area contributed by atoms with Gasteiger partial charge in [0.25, 0.3) is 0 Å². The van der Waals surface area contributed by atoms with Gasteiger partial charge in [-0.2, -0.15) is 13.2 Å². The molecule has 0 spiro atoms. The largest absolute Gasteiger partial charge is 0.406 e. The van der Waals surface area contributed by atoms with Gasteiger partial charge in [0.05, 0.1) is 17.6 Å². The average molecular weight is 462 g/mol. The molecule has 168 valence electrons. The van der Waals surface area contributed by atoms with E-state index in [0.717, 1.165) is 22.1 Å². The van der Waals surface area contributed by atoms with E-state index in [2.05, 4.69) is 14.9 Å².